The van der Waals surface area contributed by atoms with Gasteiger partial charge in [0.1, 0.15) is 23.0 Å². The molecule has 1 heterocycles. The summed E-state index contributed by atoms with van der Waals surface area (Å²) in [4.78, 5) is 12.0. The highest BCUT2D eigenvalue weighted by Crippen LogP contribution is 2.23. The Bertz CT molecular complexity index is 813. The maximum Gasteiger partial charge on any atom is 0.258 e. The third-order valence-electron chi connectivity index (χ3n) is 3.98. The van der Waals surface area contributed by atoms with E-state index in [2.05, 4.69) is 5.32 Å². The number of amides is 1. The fraction of sp³-hybridized carbons (Fsp3) is 0.227. The summed E-state index contributed by atoms with van der Waals surface area (Å²) in [5.74, 6) is 2.88. The SMILES string of the molecule is CC(CCc1ccco1)NC(=O)COc1ccc(Oc2ccccc2)cc1. The van der Waals surface area contributed by atoms with Gasteiger partial charge in [0.25, 0.3) is 5.91 Å². The lowest BCUT2D eigenvalue weighted by atomic mass is 10.1. The maximum atomic E-state index is 12.0. The number of hydrogen-bond donors (Lipinski definition) is 1. The van der Waals surface area contributed by atoms with Crippen LogP contribution in [0.4, 0.5) is 0 Å². The summed E-state index contributed by atoms with van der Waals surface area (Å²) in [6.07, 6.45) is 3.26. The molecule has 1 unspecified atom stereocenters. The number of ether oxygens (including phenoxy) is 2. The van der Waals surface area contributed by atoms with Gasteiger partial charge in [0.2, 0.25) is 0 Å². The van der Waals surface area contributed by atoms with Crippen molar-refractivity contribution in [3.05, 3.63) is 78.8 Å². The number of hydrogen-bond acceptors (Lipinski definition) is 4. The first kappa shape index (κ1) is 18.6. The Morgan fingerprint density at radius 3 is 2.37 bits per heavy atom. The van der Waals surface area contributed by atoms with E-state index in [-0.39, 0.29) is 18.6 Å². The molecule has 0 spiro atoms. The van der Waals surface area contributed by atoms with E-state index in [0.29, 0.717) is 11.5 Å². The van der Waals surface area contributed by atoms with Gasteiger partial charge in [-0.2, -0.15) is 0 Å². The smallest absolute Gasteiger partial charge is 0.258 e. The Labute approximate surface area is 158 Å². The van der Waals surface area contributed by atoms with Crippen molar-refractivity contribution in [1.82, 2.24) is 5.32 Å². The Morgan fingerprint density at radius 1 is 0.963 bits per heavy atom. The van der Waals surface area contributed by atoms with E-state index in [1.54, 1.807) is 18.4 Å². The Morgan fingerprint density at radius 2 is 1.67 bits per heavy atom. The maximum absolute atomic E-state index is 12.0. The Balaban J connectivity index is 1.39. The molecule has 3 rings (SSSR count). The molecule has 3 aromatic rings. The highest BCUT2D eigenvalue weighted by molar-refractivity contribution is 5.77. The van der Waals surface area contributed by atoms with Crippen molar-refractivity contribution in [2.45, 2.75) is 25.8 Å². The zero-order chi connectivity index (χ0) is 18.9. The van der Waals surface area contributed by atoms with Crippen LogP contribution < -0.4 is 14.8 Å². The first-order valence-corrected chi connectivity index (χ1v) is 8.96. The lowest BCUT2D eigenvalue weighted by Crippen LogP contribution is -2.36. The molecular weight excluding hydrogens is 342 g/mol. The van der Waals surface area contributed by atoms with Crippen molar-refractivity contribution in [3.8, 4) is 17.2 Å². The summed E-state index contributed by atoms with van der Waals surface area (Å²) < 4.78 is 16.6. The van der Waals surface area contributed by atoms with Crippen molar-refractivity contribution in [1.29, 1.82) is 0 Å². The lowest BCUT2D eigenvalue weighted by Gasteiger charge is -2.14. The molecule has 0 aliphatic carbocycles. The van der Waals surface area contributed by atoms with E-state index in [4.69, 9.17) is 13.9 Å². The van der Waals surface area contributed by atoms with Gasteiger partial charge in [0, 0.05) is 12.5 Å². The van der Waals surface area contributed by atoms with Crippen LogP contribution in [0, 0.1) is 0 Å². The monoisotopic (exact) mass is 365 g/mol. The van der Waals surface area contributed by atoms with Gasteiger partial charge in [-0.25, -0.2) is 0 Å². The quantitative estimate of drug-likeness (QED) is 0.602. The fourth-order valence-corrected chi connectivity index (χ4v) is 2.58. The number of aryl methyl sites for hydroxylation is 1. The van der Waals surface area contributed by atoms with Crippen LogP contribution in [0.5, 0.6) is 17.2 Å². The molecule has 1 atom stereocenters. The highest BCUT2D eigenvalue weighted by atomic mass is 16.5. The van der Waals surface area contributed by atoms with Crippen LogP contribution in [0.2, 0.25) is 0 Å². The summed E-state index contributed by atoms with van der Waals surface area (Å²) in [5.41, 5.74) is 0. The molecule has 140 valence electrons. The summed E-state index contributed by atoms with van der Waals surface area (Å²) in [6.45, 7) is 1.94. The number of nitrogens with one attached hydrogen (secondary N) is 1. The number of benzene rings is 2. The zero-order valence-corrected chi connectivity index (χ0v) is 15.3. The van der Waals surface area contributed by atoms with Crippen molar-refractivity contribution in [3.63, 3.8) is 0 Å². The summed E-state index contributed by atoms with van der Waals surface area (Å²) in [7, 11) is 0. The van der Waals surface area contributed by atoms with E-state index >= 15 is 0 Å². The molecular formula is C22H23NO4. The number of carbonyl (C=O) groups excluding carboxylic acids is 1. The third-order valence-corrected chi connectivity index (χ3v) is 3.98. The molecule has 1 amide bonds. The number of carbonyl (C=O) groups is 1. The number of furan rings is 1. The van der Waals surface area contributed by atoms with E-state index < -0.39 is 0 Å². The molecule has 5 heteroatoms. The molecule has 0 saturated carbocycles. The van der Waals surface area contributed by atoms with Crippen LogP contribution in [0.1, 0.15) is 19.1 Å². The average molecular weight is 365 g/mol. The van der Waals surface area contributed by atoms with E-state index in [0.717, 1.165) is 24.4 Å². The molecule has 0 radical (unpaired) electrons. The summed E-state index contributed by atoms with van der Waals surface area (Å²) in [5, 5.41) is 2.93. The van der Waals surface area contributed by atoms with E-state index in [1.807, 2.05) is 61.5 Å². The first-order chi connectivity index (χ1) is 13.2. The summed E-state index contributed by atoms with van der Waals surface area (Å²) in [6, 6.07) is 20.6. The average Bonchev–Trinajstić information content (AvgIpc) is 3.20. The van der Waals surface area contributed by atoms with Gasteiger partial charge in [-0.05, 0) is 61.9 Å². The van der Waals surface area contributed by atoms with Crippen LogP contribution in [0.25, 0.3) is 0 Å². The highest BCUT2D eigenvalue weighted by Gasteiger charge is 2.09. The van der Waals surface area contributed by atoms with Gasteiger partial charge in [0.05, 0.1) is 6.26 Å². The van der Waals surface area contributed by atoms with Crippen LogP contribution in [0.3, 0.4) is 0 Å². The topological polar surface area (TPSA) is 60.7 Å². The third kappa shape index (κ3) is 6.22. The molecule has 0 bridgehead atoms. The molecule has 1 aromatic heterocycles. The number of para-hydroxylation sites is 1. The van der Waals surface area contributed by atoms with Crippen molar-refractivity contribution < 1.29 is 18.7 Å². The van der Waals surface area contributed by atoms with Crippen molar-refractivity contribution >= 4 is 5.91 Å². The lowest BCUT2D eigenvalue weighted by molar-refractivity contribution is -0.123. The molecule has 0 fully saturated rings. The molecule has 1 N–H and O–H groups in total. The van der Waals surface area contributed by atoms with Crippen molar-refractivity contribution in [2.24, 2.45) is 0 Å². The van der Waals surface area contributed by atoms with Gasteiger partial charge in [-0.3, -0.25) is 4.79 Å². The van der Waals surface area contributed by atoms with Gasteiger partial charge in [-0.1, -0.05) is 18.2 Å². The van der Waals surface area contributed by atoms with Gasteiger partial charge < -0.3 is 19.2 Å². The molecule has 0 saturated heterocycles. The minimum absolute atomic E-state index is 0.0238. The largest absolute Gasteiger partial charge is 0.484 e. The van der Waals surface area contributed by atoms with Crippen LogP contribution >= 0.6 is 0 Å². The number of rotatable bonds is 9. The minimum Gasteiger partial charge on any atom is -0.484 e. The second-order valence-electron chi connectivity index (χ2n) is 6.26. The fourth-order valence-electron chi connectivity index (χ4n) is 2.58. The van der Waals surface area contributed by atoms with Gasteiger partial charge >= 0.3 is 0 Å². The molecule has 27 heavy (non-hydrogen) atoms. The predicted molar refractivity (Wildman–Crippen MR) is 103 cm³/mol. The van der Waals surface area contributed by atoms with Crippen LogP contribution in [-0.2, 0) is 11.2 Å². The van der Waals surface area contributed by atoms with Crippen molar-refractivity contribution in [2.75, 3.05) is 6.61 Å². The first-order valence-electron chi connectivity index (χ1n) is 8.96. The van der Waals surface area contributed by atoms with Gasteiger partial charge in [0.15, 0.2) is 6.61 Å². The molecule has 2 aromatic carbocycles. The van der Waals surface area contributed by atoms with E-state index in [9.17, 15) is 4.79 Å². The van der Waals surface area contributed by atoms with Crippen LogP contribution in [0.15, 0.2) is 77.4 Å². The minimum atomic E-state index is -0.147. The van der Waals surface area contributed by atoms with Gasteiger partial charge in [-0.15, -0.1) is 0 Å². The van der Waals surface area contributed by atoms with E-state index in [1.165, 1.54) is 0 Å². The zero-order valence-electron chi connectivity index (χ0n) is 15.3. The second-order valence-corrected chi connectivity index (χ2v) is 6.26. The summed E-state index contributed by atoms with van der Waals surface area (Å²) >= 11 is 0. The molecule has 0 aliphatic rings. The molecule has 0 aliphatic heterocycles. The predicted octanol–water partition coefficient (Wildman–Crippen LogP) is 4.59. The van der Waals surface area contributed by atoms with Crippen LogP contribution in [-0.4, -0.2) is 18.6 Å². The Kier molecular flexibility index (Phi) is 6.52. The normalized spacial score (nSPS) is 11.6. The standard InChI is InChI=1S/C22H23NO4/c1-17(9-10-18-8-5-15-25-18)23-22(24)16-26-19-11-13-21(14-12-19)27-20-6-3-2-4-7-20/h2-8,11-15,17H,9-10,16H2,1H3,(H,23,24). The molecule has 5 nitrogen and oxygen atoms in total. The second kappa shape index (κ2) is 9.48. The Hall–Kier alpha value is -3.21.